The average Bonchev–Trinajstić information content (AvgIpc) is 2.31. The number of esters is 1. The molecule has 17 heavy (non-hydrogen) atoms. The van der Waals surface area contributed by atoms with Gasteiger partial charge in [-0.3, -0.25) is 0 Å². The molecule has 0 aliphatic rings. The van der Waals surface area contributed by atoms with E-state index in [0.717, 1.165) is 10.0 Å². The van der Waals surface area contributed by atoms with Crippen molar-refractivity contribution in [1.29, 1.82) is 0 Å². The number of hydrogen-bond acceptors (Lipinski definition) is 4. The first-order valence-electron chi connectivity index (χ1n) is 5.20. The van der Waals surface area contributed by atoms with Gasteiger partial charge in [0, 0.05) is 5.56 Å². The summed E-state index contributed by atoms with van der Waals surface area (Å²) < 4.78 is 10.7. The summed E-state index contributed by atoms with van der Waals surface area (Å²) in [6, 6.07) is 3.45. The molecule has 1 aromatic rings. The van der Waals surface area contributed by atoms with E-state index < -0.39 is 12.1 Å². The van der Waals surface area contributed by atoms with Crippen LogP contribution in [0.1, 0.15) is 24.2 Å². The second-order valence-corrected chi connectivity index (χ2v) is 4.27. The van der Waals surface area contributed by atoms with E-state index in [0.29, 0.717) is 11.3 Å². The van der Waals surface area contributed by atoms with Gasteiger partial charge in [0.2, 0.25) is 0 Å². The average molecular weight is 303 g/mol. The summed E-state index contributed by atoms with van der Waals surface area (Å²) >= 11 is 3.36. The van der Waals surface area contributed by atoms with Gasteiger partial charge in [-0.25, -0.2) is 4.79 Å². The fourth-order valence-electron chi connectivity index (χ4n) is 1.44. The summed E-state index contributed by atoms with van der Waals surface area (Å²) in [5, 5.41) is 9.87. The molecule has 0 amide bonds. The Morgan fingerprint density at radius 3 is 2.71 bits per heavy atom. The molecule has 1 rings (SSSR count). The maximum Gasteiger partial charge on any atom is 0.339 e. The number of methoxy groups -OCH3 is 1. The van der Waals surface area contributed by atoms with Crippen LogP contribution in [0.2, 0.25) is 0 Å². The minimum atomic E-state index is -1.33. The molecule has 1 unspecified atom stereocenters. The van der Waals surface area contributed by atoms with Crippen molar-refractivity contribution in [2.45, 2.75) is 20.0 Å². The molecule has 0 radical (unpaired) electrons. The molecule has 5 heteroatoms. The van der Waals surface area contributed by atoms with Gasteiger partial charge in [0.1, 0.15) is 5.75 Å². The number of carbonyl (C=O) groups excluding carboxylic acids is 1. The lowest BCUT2D eigenvalue weighted by Gasteiger charge is -2.16. The highest BCUT2D eigenvalue weighted by Gasteiger charge is 2.24. The van der Waals surface area contributed by atoms with Gasteiger partial charge < -0.3 is 14.6 Å². The van der Waals surface area contributed by atoms with Crippen LogP contribution in [0.4, 0.5) is 0 Å². The minimum Gasteiger partial charge on any atom is -0.495 e. The number of carbonyl (C=O) groups is 1. The first-order valence-corrected chi connectivity index (χ1v) is 5.99. The Hall–Kier alpha value is -1.07. The second-order valence-electron chi connectivity index (χ2n) is 3.47. The molecule has 0 aliphatic heterocycles. The second kappa shape index (κ2) is 6.02. The number of halogens is 1. The molecule has 0 aromatic heterocycles. The number of aliphatic hydroxyl groups is 1. The molecule has 0 heterocycles. The highest BCUT2D eigenvalue weighted by atomic mass is 79.9. The molecular formula is C12H15BrO4. The van der Waals surface area contributed by atoms with E-state index in [1.54, 1.807) is 19.1 Å². The van der Waals surface area contributed by atoms with Crippen LogP contribution >= 0.6 is 15.9 Å². The summed E-state index contributed by atoms with van der Waals surface area (Å²) in [6.45, 7) is 3.81. The van der Waals surface area contributed by atoms with E-state index in [4.69, 9.17) is 9.47 Å². The van der Waals surface area contributed by atoms with Crippen molar-refractivity contribution < 1.29 is 19.4 Å². The molecule has 1 aromatic carbocycles. The van der Waals surface area contributed by atoms with Gasteiger partial charge in [-0.15, -0.1) is 0 Å². The monoisotopic (exact) mass is 302 g/mol. The third-order valence-corrected chi connectivity index (χ3v) is 3.31. The highest BCUT2D eigenvalue weighted by Crippen LogP contribution is 2.35. The molecule has 0 saturated carbocycles. The van der Waals surface area contributed by atoms with E-state index >= 15 is 0 Å². The zero-order chi connectivity index (χ0) is 13.0. The molecule has 0 spiro atoms. The molecule has 0 bridgehead atoms. The summed E-state index contributed by atoms with van der Waals surface area (Å²) in [4.78, 5) is 11.5. The normalized spacial score (nSPS) is 12.1. The first kappa shape index (κ1) is 14.0. The van der Waals surface area contributed by atoms with Crippen molar-refractivity contribution in [2.75, 3.05) is 13.7 Å². The van der Waals surface area contributed by atoms with Crippen molar-refractivity contribution in [3.05, 3.63) is 27.7 Å². The molecule has 0 saturated heterocycles. The van der Waals surface area contributed by atoms with Crippen molar-refractivity contribution in [1.82, 2.24) is 0 Å². The predicted molar refractivity (Wildman–Crippen MR) is 67.0 cm³/mol. The van der Waals surface area contributed by atoms with E-state index in [9.17, 15) is 9.90 Å². The maximum absolute atomic E-state index is 11.5. The van der Waals surface area contributed by atoms with Crippen LogP contribution in [0.3, 0.4) is 0 Å². The van der Waals surface area contributed by atoms with Crippen LogP contribution in [0, 0.1) is 6.92 Å². The van der Waals surface area contributed by atoms with Gasteiger partial charge in [0.15, 0.2) is 6.10 Å². The van der Waals surface area contributed by atoms with Crippen LogP contribution in [0.5, 0.6) is 5.75 Å². The minimum absolute atomic E-state index is 0.227. The molecule has 1 N–H and O–H groups in total. The number of ether oxygens (including phenoxy) is 2. The number of hydrogen-bond donors (Lipinski definition) is 1. The fourth-order valence-corrected chi connectivity index (χ4v) is 1.96. The van der Waals surface area contributed by atoms with E-state index in [-0.39, 0.29) is 6.61 Å². The predicted octanol–water partition coefficient (Wildman–Crippen LogP) is 2.36. The zero-order valence-electron chi connectivity index (χ0n) is 9.99. The number of rotatable bonds is 4. The summed E-state index contributed by atoms with van der Waals surface area (Å²) in [5.74, 6) is -0.230. The van der Waals surface area contributed by atoms with Gasteiger partial charge in [-0.1, -0.05) is 12.1 Å². The SMILES string of the molecule is CCOC(=O)C(O)c1ccc(C)c(Br)c1OC. The Morgan fingerprint density at radius 1 is 1.53 bits per heavy atom. The van der Waals surface area contributed by atoms with Crippen LogP contribution < -0.4 is 4.74 Å². The van der Waals surface area contributed by atoms with Gasteiger partial charge in [-0.05, 0) is 35.3 Å². The standard InChI is InChI=1S/C12H15BrO4/c1-4-17-12(15)10(14)8-6-5-7(2)9(13)11(8)16-3/h5-6,10,14H,4H2,1-3H3. The van der Waals surface area contributed by atoms with Crippen LogP contribution in [-0.2, 0) is 9.53 Å². The highest BCUT2D eigenvalue weighted by molar-refractivity contribution is 9.10. The van der Waals surface area contributed by atoms with E-state index in [1.807, 2.05) is 6.92 Å². The third-order valence-electron chi connectivity index (χ3n) is 2.33. The largest absolute Gasteiger partial charge is 0.495 e. The molecular weight excluding hydrogens is 288 g/mol. The van der Waals surface area contributed by atoms with Crippen molar-refractivity contribution in [3.63, 3.8) is 0 Å². The third kappa shape index (κ3) is 2.98. The summed E-state index contributed by atoms with van der Waals surface area (Å²) in [7, 11) is 1.49. The van der Waals surface area contributed by atoms with E-state index in [2.05, 4.69) is 15.9 Å². The number of benzene rings is 1. The van der Waals surface area contributed by atoms with Gasteiger partial charge in [0.25, 0.3) is 0 Å². The number of aliphatic hydroxyl groups excluding tert-OH is 1. The summed E-state index contributed by atoms with van der Waals surface area (Å²) in [6.07, 6.45) is -1.33. The smallest absolute Gasteiger partial charge is 0.339 e. The Balaban J connectivity index is 3.13. The van der Waals surface area contributed by atoms with Gasteiger partial charge >= 0.3 is 5.97 Å². The lowest BCUT2D eigenvalue weighted by Crippen LogP contribution is -2.16. The Morgan fingerprint density at radius 2 is 2.18 bits per heavy atom. The van der Waals surface area contributed by atoms with Crippen LogP contribution in [0.25, 0.3) is 0 Å². The Labute approximate surface area is 109 Å². The quantitative estimate of drug-likeness (QED) is 0.868. The zero-order valence-corrected chi connectivity index (χ0v) is 11.6. The maximum atomic E-state index is 11.5. The Bertz CT molecular complexity index is 417. The first-order chi connectivity index (χ1) is 8.02. The van der Waals surface area contributed by atoms with Gasteiger partial charge in [-0.2, -0.15) is 0 Å². The fraction of sp³-hybridized carbons (Fsp3) is 0.417. The lowest BCUT2D eigenvalue weighted by atomic mass is 10.1. The Kier molecular flexibility index (Phi) is 4.96. The summed E-state index contributed by atoms with van der Waals surface area (Å²) in [5.41, 5.74) is 1.35. The lowest BCUT2D eigenvalue weighted by molar-refractivity contribution is -0.153. The molecule has 1 atom stereocenters. The molecule has 94 valence electrons. The molecule has 0 fully saturated rings. The van der Waals surface area contributed by atoms with Crippen LogP contribution in [0.15, 0.2) is 16.6 Å². The van der Waals surface area contributed by atoms with Gasteiger partial charge in [0.05, 0.1) is 18.2 Å². The molecule has 0 aliphatic carbocycles. The van der Waals surface area contributed by atoms with Crippen molar-refractivity contribution >= 4 is 21.9 Å². The topological polar surface area (TPSA) is 55.8 Å². The van der Waals surface area contributed by atoms with Crippen molar-refractivity contribution in [2.24, 2.45) is 0 Å². The number of aryl methyl sites for hydroxylation is 1. The molecule has 4 nitrogen and oxygen atoms in total. The van der Waals surface area contributed by atoms with Crippen molar-refractivity contribution in [3.8, 4) is 5.75 Å². The van der Waals surface area contributed by atoms with Crippen LogP contribution in [-0.4, -0.2) is 24.8 Å². The van der Waals surface area contributed by atoms with E-state index in [1.165, 1.54) is 7.11 Å².